The van der Waals surface area contributed by atoms with E-state index in [4.69, 9.17) is 5.11 Å². The molecule has 0 saturated carbocycles. The van der Waals surface area contributed by atoms with Crippen molar-refractivity contribution in [3.05, 3.63) is 59.8 Å². The van der Waals surface area contributed by atoms with Crippen LogP contribution in [0.1, 0.15) is 15.9 Å². The highest BCUT2D eigenvalue weighted by atomic mass is 32.2. The number of pyridine rings is 1. The number of nitrogens with zero attached hydrogens (tertiary/aromatic N) is 4. The van der Waals surface area contributed by atoms with Crippen molar-refractivity contribution in [3.8, 4) is 5.69 Å². The van der Waals surface area contributed by atoms with Crippen LogP contribution in [-0.4, -0.2) is 39.2 Å². The average Bonchev–Trinajstić information content (AvgIpc) is 3.16. The molecule has 0 unspecified atom stereocenters. The van der Waals surface area contributed by atoms with Gasteiger partial charge in [-0.05, 0) is 25.1 Å². The highest BCUT2D eigenvalue weighted by Crippen LogP contribution is 2.27. The molecule has 1 aromatic carbocycles. The van der Waals surface area contributed by atoms with Crippen molar-refractivity contribution >= 4 is 21.7 Å². The summed E-state index contributed by atoms with van der Waals surface area (Å²) >= 11 is 0. The number of carbonyl (C=O) groups is 1. The van der Waals surface area contributed by atoms with Crippen LogP contribution in [-0.2, 0) is 10.0 Å². The number of aromatic nitrogens is 4. The number of halogens is 2. The lowest BCUT2D eigenvalue weighted by atomic mass is 10.1. The Hall–Kier alpha value is -3.41. The van der Waals surface area contributed by atoms with E-state index in [-0.39, 0.29) is 0 Å². The third-order valence-electron chi connectivity index (χ3n) is 3.60. The number of aromatic carboxylic acids is 1. The van der Waals surface area contributed by atoms with Crippen molar-refractivity contribution in [1.82, 2.24) is 19.7 Å². The second-order valence-corrected chi connectivity index (χ2v) is 6.95. The zero-order chi connectivity index (χ0) is 19.8. The summed E-state index contributed by atoms with van der Waals surface area (Å²) in [6, 6.07) is 2.95. The van der Waals surface area contributed by atoms with Gasteiger partial charge in [0.05, 0.1) is 23.1 Å². The molecule has 2 heterocycles. The van der Waals surface area contributed by atoms with Crippen LogP contribution in [0.15, 0.2) is 42.1 Å². The van der Waals surface area contributed by atoms with Crippen LogP contribution in [0.4, 0.5) is 14.5 Å². The van der Waals surface area contributed by atoms with Crippen molar-refractivity contribution in [2.75, 3.05) is 4.72 Å². The van der Waals surface area contributed by atoms with E-state index in [0.29, 0.717) is 11.8 Å². The molecular weight excluding hydrogens is 384 g/mol. The van der Waals surface area contributed by atoms with Gasteiger partial charge in [-0.3, -0.25) is 4.72 Å². The minimum Gasteiger partial charge on any atom is -0.478 e. The Balaban J connectivity index is 1.95. The van der Waals surface area contributed by atoms with Gasteiger partial charge < -0.3 is 5.11 Å². The predicted octanol–water partition coefficient (Wildman–Crippen LogP) is 1.75. The maximum absolute atomic E-state index is 14.2. The van der Waals surface area contributed by atoms with Crippen LogP contribution in [0.2, 0.25) is 0 Å². The summed E-state index contributed by atoms with van der Waals surface area (Å²) < 4.78 is 56.3. The monoisotopic (exact) mass is 395 g/mol. The van der Waals surface area contributed by atoms with E-state index in [1.54, 1.807) is 0 Å². The molecule has 2 N–H and O–H groups in total. The topological polar surface area (TPSA) is 127 Å². The molecule has 12 heteroatoms. The van der Waals surface area contributed by atoms with Crippen LogP contribution in [0.5, 0.6) is 0 Å². The van der Waals surface area contributed by atoms with E-state index in [9.17, 15) is 22.0 Å². The zero-order valence-corrected chi connectivity index (χ0v) is 14.4. The average molecular weight is 395 g/mol. The molecule has 3 aromatic rings. The normalized spacial score (nSPS) is 11.4. The van der Waals surface area contributed by atoms with E-state index >= 15 is 0 Å². The van der Waals surface area contributed by atoms with Crippen LogP contribution in [0.3, 0.4) is 0 Å². The van der Waals surface area contributed by atoms with Gasteiger partial charge in [0.15, 0.2) is 5.03 Å². The van der Waals surface area contributed by atoms with E-state index in [0.717, 1.165) is 13.0 Å². The number of carboxylic acids is 1. The highest BCUT2D eigenvalue weighted by molar-refractivity contribution is 7.92. The predicted molar refractivity (Wildman–Crippen MR) is 88.0 cm³/mol. The number of carboxylic acid groups (broad SMARTS) is 1. The highest BCUT2D eigenvalue weighted by Gasteiger charge is 2.24. The molecule has 140 valence electrons. The van der Waals surface area contributed by atoms with E-state index in [1.807, 2.05) is 4.72 Å². The van der Waals surface area contributed by atoms with Gasteiger partial charge >= 0.3 is 5.97 Å². The summed E-state index contributed by atoms with van der Waals surface area (Å²) in [6.45, 7) is 1.06. The van der Waals surface area contributed by atoms with Crippen molar-refractivity contribution in [2.45, 2.75) is 11.9 Å². The summed E-state index contributed by atoms with van der Waals surface area (Å²) in [7, 11) is -4.35. The van der Waals surface area contributed by atoms with Gasteiger partial charge in [-0.25, -0.2) is 28.2 Å². The summed E-state index contributed by atoms with van der Waals surface area (Å²) in [5.74, 6) is -4.14. The van der Waals surface area contributed by atoms with E-state index in [2.05, 4.69) is 15.1 Å². The third-order valence-corrected chi connectivity index (χ3v) is 4.86. The lowest BCUT2D eigenvalue weighted by molar-refractivity contribution is 0.0691. The van der Waals surface area contributed by atoms with Crippen LogP contribution in [0.25, 0.3) is 5.69 Å². The minimum atomic E-state index is -4.35. The fourth-order valence-corrected chi connectivity index (χ4v) is 3.29. The van der Waals surface area contributed by atoms with Crippen molar-refractivity contribution < 1.29 is 27.1 Å². The molecule has 0 aliphatic rings. The zero-order valence-electron chi connectivity index (χ0n) is 13.6. The summed E-state index contributed by atoms with van der Waals surface area (Å²) in [5, 5.41) is 12.3. The van der Waals surface area contributed by atoms with Crippen molar-refractivity contribution in [3.63, 3.8) is 0 Å². The molecule has 0 aliphatic heterocycles. The van der Waals surface area contributed by atoms with Gasteiger partial charge in [0.1, 0.15) is 24.3 Å². The largest absolute Gasteiger partial charge is 0.478 e. The van der Waals surface area contributed by atoms with Gasteiger partial charge in [-0.1, -0.05) is 0 Å². The van der Waals surface area contributed by atoms with E-state index in [1.165, 1.54) is 29.6 Å². The molecule has 0 fully saturated rings. The van der Waals surface area contributed by atoms with Crippen molar-refractivity contribution in [1.29, 1.82) is 0 Å². The second kappa shape index (κ2) is 6.72. The Morgan fingerprint density at radius 1 is 1.30 bits per heavy atom. The molecule has 3 rings (SSSR count). The molecule has 0 spiro atoms. The quantitative estimate of drug-likeness (QED) is 0.674. The summed E-state index contributed by atoms with van der Waals surface area (Å²) in [5.41, 5.74) is -1.65. The molecule has 0 atom stereocenters. The number of nitrogens with one attached hydrogen (secondary N) is 1. The Kier molecular flexibility index (Phi) is 4.57. The van der Waals surface area contributed by atoms with Gasteiger partial charge in [-0.15, -0.1) is 0 Å². The fourth-order valence-electron chi connectivity index (χ4n) is 2.23. The first-order valence-electron chi connectivity index (χ1n) is 7.26. The Morgan fingerprint density at radius 3 is 2.59 bits per heavy atom. The van der Waals surface area contributed by atoms with Crippen molar-refractivity contribution in [2.24, 2.45) is 0 Å². The molecule has 2 aromatic heterocycles. The van der Waals surface area contributed by atoms with Gasteiger partial charge in [-0.2, -0.15) is 13.5 Å². The van der Waals surface area contributed by atoms with E-state index < -0.39 is 49.5 Å². The molecule has 0 bridgehead atoms. The summed E-state index contributed by atoms with van der Waals surface area (Å²) in [6.07, 6.45) is 3.88. The van der Waals surface area contributed by atoms with Gasteiger partial charge in [0.2, 0.25) is 0 Å². The smallest absolute Gasteiger partial charge is 0.338 e. The van der Waals surface area contributed by atoms with Crippen LogP contribution < -0.4 is 4.72 Å². The maximum Gasteiger partial charge on any atom is 0.338 e. The van der Waals surface area contributed by atoms with Gasteiger partial charge in [0, 0.05) is 5.56 Å². The minimum absolute atomic E-state index is 0.407. The molecule has 0 radical (unpaired) electrons. The first-order valence-corrected chi connectivity index (χ1v) is 8.75. The first-order chi connectivity index (χ1) is 12.7. The number of hydrogen-bond donors (Lipinski definition) is 2. The summed E-state index contributed by atoms with van der Waals surface area (Å²) in [4.78, 5) is 18.4. The number of hydrogen-bond acceptors (Lipinski definition) is 6. The Bertz CT molecular complexity index is 1120. The number of benzene rings is 1. The lowest BCUT2D eigenvalue weighted by Crippen LogP contribution is -2.18. The second-order valence-electron chi connectivity index (χ2n) is 5.33. The SMILES string of the molecule is Cc1c(F)c(C(=O)O)cc(F)c1NS(=O)(=O)c1ccc(-n2cncn2)cn1. The number of anilines is 1. The van der Waals surface area contributed by atoms with Crippen LogP contribution in [0, 0.1) is 18.6 Å². The van der Waals surface area contributed by atoms with Crippen LogP contribution >= 0.6 is 0 Å². The number of rotatable bonds is 5. The molecule has 9 nitrogen and oxygen atoms in total. The third kappa shape index (κ3) is 3.46. The standard InChI is InChI=1S/C15H11F2N5O4S/c1-8-13(17)10(15(23)24)4-11(16)14(8)21-27(25,26)12-3-2-9(5-19-12)22-7-18-6-20-22/h2-7,21H,1H3,(H,23,24). The number of sulfonamides is 1. The lowest BCUT2D eigenvalue weighted by Gasteiger charge is -2.13. The molecule has 0 saturated heterocycles. The Labute approximate surface area is 151 Å². The fraction of sp³-hybridized carbons (Fsp3) is 0.0667. The Morgan fingerprint density at radius 2 is 2.04 bits per heavy atom. The molecular formula is C15H11F2N5O4S. The molecule has 0 aliphatic carbocycles. The maximum atomic E-state index is 14.2. The van der Waals surface area contributed by atoms with Gasteiger partial charge in [0.25, 0.3) is 10.0 Å². The molecule has 0 amide bonds. The first kappa shape index (κ1) is 18.4. The molecule has 27 heavy (non-hydrogen) atoms.